The Morgan fingerprint density at radius 3 is 2.00 bits per heavy atom. The van der Waals surface area contributed by atoms with Crippen LogP contribution in [0.15, 0.2) is 54.6 Å². The fourth-order valence-electron chi connectivity index (χ4n) is 1.97. The number of rotatable bonds is 6. The third-order valence-corrected chi connectivity index (χ3v) is 13.3. The maximum atomic E-state index is 15.7. The van der Waals surface area contributed by atoms with Crippen LogP contribution in [-0.2, 0) is 10.1 Å². The van der Waals surface area contributed by atoms with E-state index in [0.717, 1.165) is 24.3 Å². The Kier molecular flexibility index (Phi) is 5.45. The Morgan fingerprint density at radius 1 is 1.04 bits per heavy atom. The van der Waals surface area contributed by atoms with Crippen molar-refractivity contribution in [2.75, 3.05) is 6.61 Å². The average Bonchev–Trinajstić information content (AvgIpc) is 2.55. The van der Waals surface area contributed by atoms with E-state index in [-0.39, 0.29) is 0 Å². The number of ether oxygens (including phenoxy) is 1. The van der Waals surface area contributed by atoms with Gasteiger partial charge in [-0.3, -0.25) is 0 Å². The summed E-state index contributed by atoms with van der Waals surface area (Å²) in [7, 11) is -5.94. The maximum absolute atomic E-state index is 15.7. The van der Waals surface area contributed by atoms with E-state index < -0.39 is 39.5 Å². The molecular weight excluding hydrogens is 460 g/mol. The monoisotopic (exact) mass is 475 g/mol. The summed E-state index contributed by atoms with van der Waals surface area (Å²) in [5.74, 6) is 0.341. The van der Waals surface area contributed by atoms with Gasteiger partial charge in [0.05, 0.1) is 0 Å². The van der Waals surface area contributed by atoms with E-state index in [2.05, 4.69) is 0 Å². The van der Waals surface area contributed by atoms with Crippen molar-refractivity contribution in [3.8, 4) is 5.75 Å². The molecule has 2 aromatic carbocycles. The number of hydrogen-bond donors (Lipinski definition) is 1. The summed E-state index contributed by atoms with van der Waals surface area (Å²) in [5.41, 5.74) is 0. The number of alkyl halides is 3. The Morgan fingerprint density at radius 2 is 1.54 bits per heavy atom. The molecule has 1 atom stereocenters. The minimum absolute atomic E-state index is 0.334. The molecule has 0 heterocycles. The molecule has 1 N–H and O–H groups in total. The molecule has 1 unspecified atom stereocenters. The van der Waals surface area contributed by atoms with Gasteiger partial charge < -0.3 is 0 Å². The molecule has 4 nitrogen and oxygen atoms in total. The molecular formula is C15H15F3IO4S-. The van der Waals surface area contributed by atoms with E-state index in [1.165, 1.54) is 30.3 Å². The van der Waals surface area contributed by atoms with Crippen molar-refractivity contribution in [1.82, 2.24) is 0 Å². The first-order valence-corrected chi connectivity index (χ1v) is 12.2. The molecule has 0 aliphatic rings. The first kappa shape index (κ1) is 19.0. The SMILES string of the molecule is CCOc1ccc([I-](F)(c2ccccc2)C(F)(F)S(=O)(=O)O)cc1. The second kappa shape index (κ2) is 6.89. The second-order valence-corrected chi connectivity index (χ2v) is 13.5. The van der Waals surface area contributed by atoms with E-state index in [1.807, 2.05) is 0 Å². The molecule has 0 bridgehead atoms. The minimum atomic E-state index is -6.19. The normalized spacial score (nSPS) is 16.2. The first-order chi connectivity index (χ1) is 11.1. The van der Waals surface area contributed by atoms with Crippen molar-refractivity contribution in [2.45, 2.75) is 10.2 Å². The Labute approximate surface area is 142 Å². The molecule has 0 amide bonds. The van der Waals surface area contributed by atoms with Gasteiger partial charge in [-0.2, -0.15) is 0 Å². The van der Waals surface area contributed by atoms with Crippen LogP contribution in [0.1, 0.15) is 6.92 Å². The molecule has 2 rings (SSSR count). The Balaban J connectivity index is 2.68. The van der Waals surface area contributed by atoms with Crippen LogP contribution in [0.25, 0.3) is 0 Å². The fraction of sp³-hybridized carbons (Fsp3) is 0.200. The predicted octanol–water partition coefficient (Wildman–Crippen LogP) is 0.608. The zero-order chi connectivity index (χ0) is 18.0. The average molecular weight is 475 g/mol. The van der Waals surface area contributed by atoms with Crippen LogP contribution in [-0.4, -0.2) is 22.8 Å². The molecule has 24 heavy (non-hydrogen) atoms. The molecule has 0 aromatic heterocycles. The molecule has 0 saturated carbocycles. The van der Waals surface area contributed by atoms with E-state index in [9.17, 15) is 17.2 Å². The van der Waals surface area contributed by atoms with Gasteiger partial charge in [0.15, 0.2) is 0 Å². The summed E-state index contributed by atoms with van der Waals surface area (Å²) in [6, 6.07) is 11.1. The van der Waals surface area contributed by atoms with Crippen molar-refractivity contribution in [3.05, 3.63) is 61.7 Å². The van der Waals surface area contributed by atoms with Crippen LogP contribution in [0.4, 0.5) is 11.6 Å². The number of halogens is 4. The van der Waals surface area contributed by atoms with Gasteiger partial charge in [0, 0.05) is 0 Å². The van der Waals surface area contributed by atoms with Crippen LogP contribution in [0.5, 0.6) is 5.75 Å². The van der Waals surface area contributed by atoms with Gasteiger partial charge in [-0.15, -0.1) is 0 Å². The molecule has 0 saturated heterocycles. The Bertz CT molecular complexity index is 797. The van der Waals surface area contributed by atoms with Crippen LogP contribution in [0.3, 0.4) is 0 Å². The van der Waals surface area contributed by atoms with Crippen LogP contribution in [0.2, 0.25) is 0 Å². The summed E-state index contributed by atoms with van der Waals surface area (Å²) in [5, 5.41) is 0. The first-order valence-electron chi connectivity index (χ1n) is 6.74. The zero-order valence-electron chi connectivity index (χ0n) is 12.5. The van der Waals surface area contributed by atoms with Crippen molar-refractivity contribution in [1.29, 1.82) is 0 Å². The second-order valence-electron chi connectivity index (χ2n) is 4.60. The van der Waals surface area contributed by atoms with E-state index in [0.29, 0.717) is 12.4 Å². The summed E-state index contributed by atoms with van der Waals surface area (Å²) in [6.07, 6.45) is 0. The molecule has 9 heteroatoms. The van der Waals surface area contributed by atoms with Crippen molar-refractivity contribution in [3.63, 3.8) is 0 Å². The summed E-state index contributed by atoms with van der Waals surface area (Å²) in [6.45, 7) is 2.06. The van der Waals surface area contributed by atoms with Gasteiger partial charge in [-0.1, -0.05) is 0 Å². The standard InChI is InChI=1S/C15H15F3IO4S/c1-2-23-14-10-8-13(9-11-14)19(18,12-6-4-3-5-7-12)15(16,17)24(20,21)22/h3-11H,2H2,1H3,(H,20,21,22)/q-1. The number of hydrogen-bond acceptors (Lipinski definition) is 3. The van der Waals surface area contributed by atoms with Crippen LogP contribution < -0.4 is 23.7 Å². The molecule has 0 spiro atoms. The summed E-state index contributed by atoms with van der Waals surface area (Å²) < 4.78 is 75.3. The van der Waals surface area contributed by atoms with Gasteiger partial charge in [-0.05, 0) is 0 Å². The topological polar surface area (TPSA) is 63.6 Å². The molecule has 2 aromatic rings. The van der Waals surface area contributed by atoms with Crippen molar-refractivity contribution >= 4 is 10.1 Å². The Hall–Kier alpha value is -1.33. The molecule has 134 valence electrons. The van der Waals surface area contributed by atoms with Gasteiger partial charge in [0.2, 0.25) is 0 Å². The molecule has 0 radical (unpaired) electrons. The fourth-order valence-corrected chi connectivity index (χ4v) is 10.7. The van der Waals surface area contributed by atoms with E-state index in [1.54, 1.807) is 6.92 Å². The summed E-state index contributed by atoms with van der Waals surface area (Å²) in [4.78, 5) is 0. The van der Waals surface area contributed by atoms with E-state index >= 15 is 2.86 Å². The number of benzene rings is 2. The van der Waals surface area contributed by atoms with Crippen LogP contribution >= 0.6 is 0 Å². The van der Waals surface area contributed by atoms with Crippen LogP contribution in [0, 0.1) is 7.14 Å². The van der Waals surface area contributed by atoms with Gasteiger partial charge >= 0.3 is 143 Å². The predicted molar refractivity (Wildman–Crippen MR) is 79.1 cm³/mol. The quantitative estimate of drug-likeness (QED) is 0.378. The van der Waals surface area contributed by atoms with Gasteiger partial charge in [-0.25, -0.2) is 0 Å². The van der Waals surface area contributed by atoms with Gasteiger partial charge in [0.25, 0.3) is 0 Å². The molecule has 0 fully saturated rings. The summed E-state index contributed by atoms with van der Waals surface area (Å²) >= 11 is -6.19. The zero-order valence-corrected chi connectivity index (χ0v) is 15.5. The van der Waals surface area contributed by atoms with Crippen molar-refractivity contribution in [2.24, 2.45) is 0 Å². The molecule has 0 aliphatic carbocycles. The molecule has 0 aliphatic heterocycles. The van der Waals surface area contributed by atoms with Gasteiger partial charge in [0.1, 0.15) is 0 Å². The third-order valence-electron chi connectivity index (χ3n) is 3.05. The van der Waals surface area contributed by atoms with E-state index in [4.69, 9.17) is 9.29 Å². The van der Waals surface area contributed by atoms with Crippen molar-refractivity contribution < 1.29 is 48.4 Å². The third kappa shape index (κ3) is 3.24.